The summed E-state index contributed by atoms with van der Waals surface area (Å²) in [5.41, 5.74) is 11.0. The first kappa shape index (κ1) is 20.3. The Kier molecular flexibility index (Phi) is 17.9. The minimum absolute atomic E-state index is 0. The van der Waals surface area contributed by atoms with Crippen molar-refractivity contribution in [3.05, 3.63) is 0 Å². The van der Waals surface area contributed by atoms with Crippen molar-refractivity contribution >= 4 is 8.25 Å². The molecule has 17 heavy (non-hydrogen) atoms. The van der Waals surface area contributed by atoms with Gasteiger partial charge in [0, 0.05) is 4.57 Å². The molecular weight excluding hydrogens is 250 g/mol. The third kappa shape index (κ3) is 14.9. The van der Waals surface area contributed by atoms with Gasteiger partial charge in [0.05, 0.1) is 0 Å². The molecule has 0 aromatic heterocycles. The van der Waals surface area contributed by atoms with Crippen LogP contribution in [0.5, 0.6) is 0 Å². The van der Waals surface area contributed by atoms with Gasteiger partial charge in [0.15, 0.2) is 6.23 Å². The van der Waals surface area contributed by atoms with E-state index in [1.165, 1.54) is 0 Å². The number of hydrogen-bond acceptors (Lipinski definition) is 5. The number of hydrogen-bond donors (Lipinski definition) is 2. The second kappa shape index (κ2) is 15.0. The maximum absolute atomic E-state index is 11.2. The fraction of sp³-hybridized carbons (Fsp3) is 1.00. The van der Waals surface area contributed by atoms with Gasteiger partial charge in [-0.15, -0.1) is 9.05 Å². The van der Waals surface area contributed by atoms with E-state index in [4.69, 9.17) is 20.5 Å². The van der Waals surface area contributed by atoms with Crippen molar-refractivity contribution in [2.75, 3.05) is 13.2 Å². The van der Waals surface area contributed by atoms with Gasteiger partial charge in [0.1, 0.15) is 6.61 Å². The minimum Gasteiger partial charge on any atom is -1.00 e. The molecule has 0 fully saturated rings. The fourth-order valence-electron chi connectivity index (χ4n) is 1.14. The van der Waals surface area contributed by atoms with Crippen molar-refractivity contribution in [3.63, 3.8) is 0 Å². The third-order valence-electron chi connectivity index (χ3n) is 2.11. The molecule has 0 heterocycles. The topological polar surface area (TPSA) is 87.6 Å². The van der Waals surface area contributed by atoms with Crippen molar-refractivity contribution in [1.29, 1.82) is 0 Å². The average molecular weight is 275 g/mol. The van der Waals surface area contributed by atoms with E-state index >= 15 is 0 Å². The molecule has 0 aliphatic heterocycles. The molecule has 7 heteroatoms. The van der Waals surface area contributed by atoms with E-state index in [1.54, 1.807) is 0 Å². The molecule has 5 nitrogen and oxygen atoms in total. The molecule has 0 spiro atoms. The van der Waals surface area contributed by atoms with E-state index in [-0.39, 0.29) is 31.0 Å². The van der Waals surface area contributed by atoms with Gasteiger partial charge >= 0.3 is 37.8 Å². The van der Waals surface area contributed by atoms with Crippen LogP contribution in [0.25, 0.3) is 0 Å². The zero-order valence-electron chi connectivity index (χ0n) is 12.1. The monoisotopic (exact) mass is 275 g/mol. The first-order valence-electron chi connectivity index (χ1n) is 5.93. The first-order chi connectivity index (χ1) is 7.70. The summed E-state index contributed by atoms with van der Waals surface area (Å²) in [5, 5.41) is 0. The Morgan fingerprint density at radius 2 is 2.00 bits per heavy atom. The second-order valence-corrected chi connectivity index (χ2v) is 4.61. The van der Waals surface area contributed by atoms with Crippen LogP contribution in [-0.4, -0.2) is 19.4 Å². The van der Waals surface area contributed by atoms with Crippen LogP contribution in [0.15, 0.2) is 0 Å². The summed E-state index contributed by atoms with van der Waals surface area (Å²) in [4.78, 5) is 0. The molecule has 4 N–H and O–H groups in total. The van der Waals surface area contributed by atoms with Crippen molar-refractivity contribution in [3.8, 4) is 0 Å². The molecule has 0 rings (SSSR count). The smallest absolute Gasteiger partial charge is 1.00 e. The predicted octanol–water partition coefficient (Wildman–Crippen LogP) is -0.602. The first-order valence-corrected chi connectivity index (χ1v) is 7.02. The molecule has 2 atom stereocenters. The molecule has 0 saturated heterocycles. The maximum Gasteiger partial charge on any atom is 1.00 e. The van der Waals surface area contributed by atoms with Crippen LogP contribution in [-0.2, 0) is 13.6 Å². The molecule has 0 aliphatic carbocycles. The van der Waals surface area contributed by atoms with Crippen LogP contribution < -0.4 is 41.0 Å². The Bertz CT molecular complexity index is 193. The molecule has 98 valence electrons. The van der Waals surface area contributed by atoms with Crippen LogP contribution in [0, 0.1) is 0 Å². The largest absolute Gasteiger partial charge is 1.00 e. The molecule has 0 aliphatic rings. The third-order valence-corrected chi connectivity index (χ3v) is 2.95. The molecule has 0 radical (unpaired) electrons. The van der Waals surface area contributed by atoms with E-state index in [0.717, 1.165) is 32.1 Å². The minimum atomic E-state index is -2.06. The van der Waals surface area contributed by atoms with Gasteiger partial charge in [-0.05, 0) is 32.2 Å². The van der Waals surface area contributed by atoms with Crippen LogP contribution in [0.2, 0.25) is 0 Å². The van der Waals surface area contributed by atoms with E-state index < -0.39 is 14.5 Å². The van der Waals surface area contributed by atoms with Gasteiger partial charge < -0.3 is 12.9 Å². The number of nitrogens with two attached hydrogens (primary N) is 2. The normalized spacial score (nSPS) is 13.0. The maximum atomic E-state index is 11.2. The summed E-state index contributed by atoms with van der Waals surface area (Å²) in [5.74, 6) is 0. The van der Waals surface area contributed by atoms with Gasteiger partial charge in [-0.1, -0.05) is 19.8 Å². The van der Waals surface area contributed by atoms with Crippen molar-refractivity contribution in [2.45, 2.75) is 51.7 Å². The predicted molar refractivity (Wildman–Crippen MR) is 66.2 cm³/mol. The van der Waals surface area contributed by atoms with Crippen LogP contribution in [0.1, 0.15) is 46.9 Å². The second-order valence-electron chi connectivity index (χ2n) is 3.69. The standard InChI is InChI=1S/C10H24N2O3P.Na.H/c1-2-3-9-14-16(13)15-10(12)7-5-4-6-8-11;;/h10H,2-9,11-12H2,1H3;;/q2*+1;-1. The summed E-state index contributed by atoms with van der Waals surface area (Å²) in [6.07, 6.45) is 5.05. The molecule has 0 amide bonds. The van der Waals surface area contributed by atoms with Gasteiger partial charge in [-0.3, -0.25) is 0 Å². The Labute approximate surface area is 129 Å². The zero-order chi connectivity index (χ0) is 12.2. The fourth-order valence-corrected chi connectivity index (χ4v) is 1.81. The quantitative estimate of drug-likeness (QED) is 0.227. The van der Waals surface area contributed by atoms with E-state index in [9.17, 15) is 4.57 Å². The van der Waals surface area contributed by atoms with Crippen LogP contribution in [0.3, 0.4) is 0 Å². The summed E-state index contributed by atoms with van der Waals surface area (Å²) >= 11 is 0. The van der Waals surface area contributed by atoms with Crippen molar-refractivity contribution < 1.29 is 44.6 Å². The van der Waals surface area contributed by atoms with E-state index in [2.05, 4.69) is 0 Å². The molecule has 0 aromatic carbocycles. The average Bonchev–Trinajstić information content (AvgIpc) is 2.25. The summed E-state index contributed by atoms with van der Waals surface area (Å²) in [6, 6.07) is 0. The molecule has 0 aromatic rings. The zero-order valence-corrected chi connectivity index (χ0v) is 14.0. The van der Waals surface area contributed by atoms with Crippen molar-refractivity contribution in [1.82, 2.24) is 0 Å². The number of unbranched alkanes of at least 4 members (excludes halogenated alkanes) is 3. The Morgan fingerprint density at radius 1 is 1.29 bits per heavy atom. The molecule has 2 unspecified atom stereocenters. The SMILES string of the molecule is CCCCO[P+](=O)OC(N)CCCCCN.[H-].[Na+]. The molecule has 0 saturated carbocycles. The van der Waals surface area contributed by atoms with E-state index in [1.807, 2.05) is 6.92 Å². The van der Waals surface area contributed by atoms with Crippen molar-refractivity contribution in [2.24, 2.45) is 11.5 Å². The summed E-state index contributed by atoms with van der Waals surface area (Å²) in [7, 11) is -2.06. The summed E-state index contributed by atoms with van der Waals surface area (Å²) < 4.78 is 21.2. The number of rotatable bonds is 11. The Balaban J connectivity index is -0.00000112. The summed E-state index contributed by atoms with van der Waals surface area (Å²) in [6.45, 7) is 3.20. The Morgan fingerprint density at radius 3 is 2.59 bits per heavy atom. The van der Waals surface area contributed by atoms with Crippen LogP contribution in [0.4, 0.5) is 0 Å². The molecule has 0 bridgehead atoms. The van der Waals surface area contributed by atoms with E-state index in [0.29, 0.717) is 19.6 Å². The molecular formula is C10H25N2NaO3P+. The Hall–Kier alpha value is 0.940. The van der Waals surface area contributed by atoms with Gasteiger partial charge in [0.25, 0.3) is 0 Å². The van der Waals surface area contributed by atoms with Gasteiger partial charge in [0.2, 0.25) is 0 Å². The van der Waals surface area contributed by atoms with Crippen LogP contribution >= 0.6 is 8.25 Å². The van der Waals surface area contributed by atoms with Gasteiger partial charge in [-0.25, -0.2) is 0 Å². The van der Waals surface area contributed by atoms with Gasteiger partial charge in [-0.2, -0.15) is 0 Å².